The summed E-state index contributed by atoms with van der Waals surface area (Å²) in [6.45, 7) is 11.6. The first-order chi connectivity index (χ1) is 8.93. The molecule has 1 aliphatic rings. The first-order valence-corrected chi connectivity index (χ1v) is 7.38. The second-order valence-corrected chi connectivity index (χ2v) is 5.94. The lowest BCUT2D eigenvalue weighted by Crippen LogP contribution is -2.39. The molecule has 0 aromatic carbocycles. The molecule has 0 aliphatic carbocycles. The highest BCUT2D eigenvalue weighted by Crippen LogP contribution is 2.34. The van der Waals surface area contributed by atoms with Crippen molar-refractivity contribution in [3.05, 3.63) is 17.5 Å². The van der Waals surface area contributed by atoms with Crippen LogP contribution in [0.15, 0.2) is 6.07 Å². The maximum atomic E-state index is 6.47. The number of rotatable bonds is 4. The fourth-order valence-electron chi connectivity index (χ4n) is 3.45. The Labute approximate surface area is 116 Å². The van der Waals surface area contributed by atoms with Gasteiger partial charge in [-0.25, -0.2) is 0 Å². The lowest BCUT2D eigenvalue weighted by molar-refractivity contribution is 0.0489. The Bertz CT molecular complexity index is 429. The lowest BCUT2D eigenvalue weighted by Gasteiger charge is -2.25. The highest BCUT2D eigenvalue weighted by Gasteiger charge is 2.40. The summed E-state index contributed by atoms with van der Waals surface area (Å²) in [5.74, 6) is 0.944. The average molecular weight is 265 g/mol. The van der Waals surface area contributed by atoms with E-state index < -0.39 is 0 Å². The van der Waals surface area contributed by atoms with E-state index in [4.69, 9.17) is 10.5 Å². The van der Waals surface area contributed by atoms with E-state index in [0.717, 1.165) is 18.7 Å². The zero-order chi connectivity index (χ0) is 14.2. The molecule has 0 bridgehead atoms. The van der Waals surface area contributed by atoms with Gasteiger partial charge in [0.1, 0.15) is 0 Å². The van der Waals surface area contributed by atoms with Gasteiger partial charge in [0.05, 0.1) is 17.9 Å². The Morgan fingerprint density at radius 3 is 2.58 bits per heavy atom. The smallest absolute Gasteiger partial charge is 0.0597 e. The van der Waals surface area contributed by atoms with Gasteiger partial charge in [0.15, 0.2) is 0 Å². The summed E-state index contributed by atoms with van der Waals surface area (Å²) in [6.07, 6.45) is 1.44. The minimum absolute atomic E-state index is 0.136. The summed E-state index contributed by atoms with van der Waals surface area (Å²) in [6, 6.07) is 2.29. The van der Waals surface area contributed by atoms with Gasteiger partial charge in [-0.15, -0.1) is 0 Å². The minimum Gasteiger partial charge on any atom is -0.375 e. The van der Waals surface area contributed by atoms with Crippen molar-refractivity contribution in [3.8, 4) is 0 Å². The van der Waals surface area contributed by atoms with E-state index in [1.807, 2.05) is 6.92 Å². The Hall–Kier alpha value is -0.870. The van der Waals surface area contributed by atoms with Crippen molar-refractivity contribution in [2.24, 2.45) is 17.6 Å². The van der Waals surface area contributed by atoms with Crippen molar-refractivity contribution < 1.29 is 4.74 Å². The summed E-state index contributed by atoms with van der Waals surface area (Å²) < 4.78 is 7.96. The normalized spacial score (nSPS) is 32.7. The SMILES string of the molecule is CCn1nc(C)cc1CC(N)C1C(C)OC(C)C1C. The van der Waals surface area contributed by atoms with Crippen molar-refractivity contribution in [1.29, 1.82) is 0 Å². The molecule has 0 amide bonds. The molecule has 5 unspecified atom stereocenters. The number of ether oxygens (including phenoxy) is 1. The minimum atomic E-state index is 0.136. The van der Waals surface area contributed by atoms with Gasteiger partial charge in [0.25, 0.3) is 0 Å². The second-order valence-electron chi connectivity index (χ2n) is 5.94. The Kier molecular flexibility index (Phi) is 4.31. The number of nitrogens with zero attached hydrogens (tertiary/aromatic N) is 2. The Morgan fingerprint density at radius 1 is 1.37 bits per heavy atom. The standard InChI is InChI=1S/C15H27N3O/c1-6-18-13(7-9(2)17-18)8-14(16)15-10(3)11(4)19-12(15)5/h7,10-12,14-15H,6,8,16H2,1-5H3. The van der Waals surface area contributed by atoms with E-state index in [9.17, 15) is 0 Å². The Morgan fingerprint density at radius 2 is 2.05 bits per heavy atom. The molecule has 4 heteroatoms. The Balaban J connectivity index is 2.10. The molecular weight excluding hydrogens is 238 g/mol. The third-order valence-corrected chi connectivity index (χ3v) is 4.54. The van der Waals surface area contributed by atoms with Crippen molar-refractivity contribution in [2.75, 3.05) is 0 Å². The summed E-state index contributed by atoms with van der Waals surface area (Å²) in [5, 5.41) is 4.49. The molecule has 0 spiro atoms. The number of nitrogens with two attached hydrogens (primary N) is 1. The molecule has 108 valence electrons. The van der Waals surface area contributed by atoms with Crippen molar-refractivity contribution in [2.45, 2.75) is 65.8 Å². The average Bonchev–Trinajstić information content (AvgIpc) is 2.80. The van der Waals surface area contributed by atoms with Gasteiger partial charge in [-0.3, -0.25) is 4.68 Å². The third kappa shape index (κ3) is 2.84. The predicted octanol–water partition coefficient (Wildman–Crippen LogP) is 2.14. The molecule has 1 aromatic rings. The van der Waals surface area contributed by atoms with Crippen LogP contribution in [0, 0.1) is 18.8 Å². The summed E-state index contributed by atoms with van der Waals surface area (Å²) in [7, 11) is 0. The van der Waals surface area contributed by atoms with Crippen molar-refractivity contribution in [1.82, 2.24) is 9.78 Å². The molecule has 2 N–H and O–H groups in total. The van der Waals surface area contributed by atoms with Crippen LogP contribution in [-0.4, -0.2) is 28.0 Å². The fourth-order valence-corrected chi connectivity index (χ4v) is 3.45. The number of aromatic nitrogens is 2. The first kappa shape index (κ1) is 14.5. The maximum Gasteiger partial charge on any atom is 0.0597 e. The molecule has 1 aliphatic heterocycles. The van der Waals surface area contributed by atoms with Crippen molar-refractivity contribution in [3.63, 3.8) is 0 Å². The molecule has 1 aromatic heterocycles. The number of hydrogen-bond acceptors (Lipinski definition) is 3. The molecular formula is C15H27N3O. The summed E-state index contributed by atoms with van der Waals surface area (Å²) >= 11 is 0. The first-order valence-electron chi connectivity index (χ1n) is 7.38. The predicted molar refractivity (Wildman–Crippen MR) is 77.0 cm³/mol. The largest absolute Gasteiger partial charge is 0.375 e. The molecule has 19 heavy (non-hydrogen) atoms. The van der Waals surface area contributed by atoms with Crippen LogP contribution < -0.4 is 5.73 Å². The third-order valence-electron chi connectivity index (χ3n) is 4.54. The highest BCUT2D eigenvalue weighted by atomic mass is 16.5. The zero-order valence-corrected chi connectivity index (χ0v) is 12.8. The van der Waals surface area contributed by atoms with Crippen LogP contribution in [-0.2, 0) is 17.7 Å². The van der Waals surface area contributed by atoms with Crippen LogP contribution in [0.4, 0.5) is 0 Å². The summed E-state index contributed by atoms with van der Waals surface area (Å²) in [4.78, 5) is 0. The van der Waals surface area contributed by atoms with Gasteiger partial charge < -0.3 is 10.5 Å². The molecule has 2 heterocycles. The monoisotopic (exact) mass is 265 g/mol. The number of hydrogen-bond donors (Lipinski definition) is 1. The molecule has 5 atom stereocenters. The molecule has 0 saturated carbocycles. The van der Waals surface area contributed by atoms with E-state index in [1.165, 1.54) is 5.69 Å². The van der Waals surface area contributed by atoms with Gasteiger partial charge >= 0.3 is 0 Å². The molecule has 0 radical (unpaired) electrons. The molecule has 1 fully saturated rings. The van der Waals surface area contributed by atoms with Gasteiger partial charge in [-0.1, -0.05) is 6.92 Å². The lowest BCUT2D eigenvalue weighted by atomic mass is 9.82. The van der Waals surface area contributed by atoms with E-state index >= 15 is 0 Å². The molecule has 4 nitrogen and oxygen atoms in total. The highest BCUT2D eigenvalue weighted by molar-refractivity contribution is 5.11. The zero-order valence-electron chi connectivity index (χ0n) is 12.8. The van der Waals surface area contributed by atoms with Crippen LogP contribution in [0.25, 0.3) is 0 Å². The van der Waals surface area contributed by atoms with Crippen molar-refractivity contribution >= 4 is 0 Å². The van der Waals surface area contributed by atoms with Crippen LogP contribution in [0.3, 0.4) is 0 Å². The van der Waals surface area contributed by atoms with Crippen LogP contribution in [0.5, 0.6) is 0 Å². The maximum absolute atomic E-state index is 6.47. The molecule has 2 rings (SSSR count). The summed E-state index contributed by atoms with van der Waals surface area (Å²) in [5.41, 5.74) is 8.78. The van der Waals surface area contributed by atoms with Gasteiger partial charge in [0.2, 0.25) is 0 Å². The van der Waals surface area contributed by atoms with Gasteiger partial charge in [-0.05, 0) is 39.7 Å². The van der Waals surface area contributed by atoms with Crippen LogP contribution in [0.2, 0.25) is 0 Å². The van der Waals surface area contributed by atoms with Crippen LogP contribution >= 0.6 is 0 Å². The van der Waals surface area contributed by atoms with Gasteiger partial charge in [-0.2, -0.15) is 5.10 Å². The second kappa shape index (κ2) is 5.63. The fraction of sp³-hybridized carbons (Fsp3) is 0.800. The van der Waals surface area contributed by atoms with E-state index in [0.29, 0.717) is 17.9 Å². The van der Waals surface area contributed by atoms with E-state index in [-0.39, 0.29) is 12.1 Å². The van der Waals surface area contributed by atoms with Gasteiger partial charge in [0, 0.05) is 30.6 Å². The quantitative estimate of drug-likeness (QED) is 0.907. The topological polar surface area (TPSA) is 53.1 Å². The van der Waals surface area contributed by atoms with Crippen LogP contribution in [0.1, 0.15) is 39.1 Å². The molecule has 1 saturated heterocycles. The number of aryl methyl sites for hydroxylation is 2. The van der Waals surface area contributed by atoms with E-state index in [2.05, 4.69) is 43.5 Å². The van der Waals surface area contributed by atoms with E-state index in [1.54, 1.807) is 0 Å².